The van der Waals surface area contributed by atoms with Crippen molar-refractivity contribution in [2.75, 3.05) is 39.4 Å². The molecule has 3 aliphatic rings. The molecule has 7 heteroatoms. The molecule has 1 aromatic heterocycles. The monoisotopic (exact) mass is 424 g/mol. The summed E-state index contributed by atoms with van der Waals surface area (Å²) in [5.74, 6) is 1.11. The quantitative estimate of drug-likeness (QED) is 0.738. The standard InChI is InChI=1S/C24H32N4O3/c29-22-11-16-31-17-15-27(22)14-13-26-12-5-10-21(26)23-25-20-9-4-3-8-19(20)24(30)28(23)18-6-1-2-7-18/h3-4,8-9,18,21H,1-2,5-7,10-17H2. The van der Waals surface area contributed by atoms with Gasteiger partial charge in [-0.1, -0.05) is 25.0 Å². The minimum atomic E-state index is 0.110. The van der Waals surface area contributed by atoms with Crippen molar-refractivity contribution in [2.45, 2.75) is 57.0 Å². The zero-order chi connectivity index (χ0) is 21.2. The van der Waals surface area contributed by atoms with Gasteiger partial charge in [-0.25, -0.2) is 4.98 Å². The molecular formula is C24H32N4O3. The van der Waals surface area contributed by atoms with Gasteiger partial charge in [0.2, 0.25) is 5.91 Å². The Labute approximate surface area is 183 Å². The highest BCUT2D eigenvalue weighted by Gasteiger charge is 2.33. The van der Waals surface area contributed by atoms with E-state index in [0.717, 1.165) is 55.5 Å². The SMILES string of the molecule is O=C1CCOCCN1CCN1CCCC1c1nc2ccccc2c(=O)n1C1CCCC1. The largest absolute Gasteiger partial charge is 0.379 e. The van der Waals surface area contributed by atoms with E-state index in [-0.39, 0.29) is 23.6 Å². The maximum Gasteiger partial charge on any atom is 0.261 e. The lowest BCUT2D eigenvalue weighted by molar-refractivity contribution is -0.130. The molecule has 1 atom stereocenters. The van der Waals surface area contributed by atoms with Gasteiger partial charge in [0.05, 0.1) is 36.6 Å². The summed E-state index contributed by atoms with van der Waals surface area (Å²) >= 11 is 0. The van der Waals surface area contributed by atoms with Crippen molar-refractivity contribution in [3.05, 3.63) is 40.4 Å². The zero-order valence-corrected chi connectivity index (χ0v) is 18.2. The third-order valence-corrected chi connectivity index (χ3v) is 7.16. The predicted octanol–water partition coefficient (Wildman–Crippen LogP) is 2.90. The Kier molecular flexibility index (Phi) is 6.05. The van der Waals surface area contributed by atoms with Crippen molar-refractivity contribution < 1.29 is 9.53 Å². The number of fused-ring (bicyclic) bond motifs is 1. The highest BCUT2D eigenvalue weighted by atomic mass is 16.5. The summed E-state index contributed by atoms with van der Waals surface area (Å²) in [7, 11) is 0. The van der Waals surface area contributed by atoms with Crippen LogP contribution in [0.1, 0.15) is 62.9 Å². The first-order valence-electron chi connectivity index (χ1n) is 11.8. The molecule has 5 rings (SSSR count). The molecular weight excluding hydrogens is 392 g/mol. The van der Waals surface area contributed by atoms with E-state index in [1.165, 1.54) is 12.8 Å². The number of nitrogens with zero attached hydrogens (tertiary/aromatic N) is 4. The fraction of sp³-hybridized carbons (Fsp3) is 0.625. The van der Waals surface area contributed by atoms with Crippen molar-refractivity contribution in [1.82, 2.24) is 19.4 Å². The first-order valence-corrected chi connectivity index (χ1v) is 11.8. The summed E-state index contributed by atoms with van der Waals surface area (Å²) in [5, 5.41) is 0.720. The Morgan fingerprint density at radius 2 is 1.81 bits per heavy atom. The van der Waals surface area contributed by atoms with Gasteiger partial charge in [0.15, 0.2) is 0 Å². The topological polar surface area (TPSA) is 67.7 Å². The summed E-state index contributed by atoms with van der Waals surface area (Å²) in [6, 6.07) is 8.13. The first-order chi connectivity index (χ1) is 15.2. The average molecular weight is 425 g/mol. The van der Waals surface area contributed by atoms with E-state index in [1.807, 2.05) is 33.7 Å². The van der Waals surface area contributed by atoms with E-state index in [1.54, 1.807) is 0 Å². The van der Waals surface area contributed by atoms with Crippen LogP contribution in [0.15, 0.2) is 29.1 Å². The molecule has 0 radical (unpaired) electrons. The van der Waals surface area contributed by atoms with Crippen LogP contribution in [0.5, 0.6) is 0 Å². The molecule has 1 aromatic carbocycles. The van der Waals surface area contributed by atoms with Gasteiger partial charge in [0, 0.05) is 25.7 Å². The van der Waals surface area contributed by atoms with Crippen LogP contribution in [0, 0.1) is 0 Å². The maximum atomic E-state index is 13.5. The number of likely N-dealkylation sites (tertiary alicyclic amines) is 1. The van der Waals surface area contributed by atoms with Crippen molar-refractivity contribution in [1.29, 1.82) is 0 Å². The Balaban J connectivity index is 1.45. The second kappa shape index (κ2) is 9.09. The molecule has 3 fully saturated rings. The van der Waals surface area contributed by atoms with Gasteiger partial charge < -0.3 is 9.64 Å². The van der Waals surface area contributed by atoms with Gasteiger partial charge in [-0.05, 0) is 44.4 Å². The molecule has 0 bridgehead atoms. The van der Waals surface area contributed by atoms with E-state index in [9.17, 15) is 9.59 Å². The summed E-state index contributed by atoms with van der Waals surface area (Å²) in [6.45, 7) is 4.30. The van der Waals surface area contributed by atoms with Crippen molar-refractivity contribution >= 4 is 16.8 Å². The lowest BCUT2D eigenvalue weighted by atomic mass is 10.1. The highest BCUT2D eigenvalue weighted by molar-refractivity contribution is 5.77. The Morgan fingerprint density at radius 3 is 2.68 bits per heavy atom. The molecule has 3 heterocycles. The highest BCUT2D eigenvalue weighted by Crippen LogP contribution is 2.36. The molecule has 2 aliphatic heterocycles. The number of hydrogen-bond donors (Lipinski definition) is 0. The third-order valence-electron chi connectivity index (χ3n) is 7.16. The van der Waals surface area contributed by atoms with Crippen LogP contribution in [0.2, 0.25) is 0 Å². The number of rotatable bonds is 5. The fourth-order valence-corrected chi connectivity index (χ4v) is 5.50. The molecule has 2 saturated heterocycles. The van der Waals surface area contributed by atoms with Crippen LogP contribution in [-0.2, 0) is 9.53 Å². The zero-order valence-electron chi connectivity index (χ0n) is 18.2. The van der Waals surface area contributed by atoms with E-state index in [4.69, 9.17) is 9.72 Å². The Morgan fingerprint density at radius 1 is 0.968 bits per heavy atom. The second-order valence-electron chi connectivity index (χ2n) is 9.04. The summed E-state index contributed by atoms with van der Waals surface area (Å²) in [4.78, 5) is 35.3. The number of hydrogen-bond acceptors (Lipinski definition) is 5. The van der Waals surface area contributed by atoms with Crippen LogP contribution < -0.4 is 5.56 Å². The number of aromatic nitrogens is 2. The second-order valence-corrected chi connectivity index (χ2v) is 9.04. The summed E-state index contributed by atoms with van der Waals surface area (Å²) < 4.78 is 7.49. The predicted molar refractivity (Wildman–Crippen MR) is 119 cm³/mol. The molecule has 1 amide bonds. The molecule has 166 valence electrons. The molecule has 1 saturated carbocycles. The molecule has 0 N–H and O–H groups in total. The van der Waals surface area contributed by atoms with Gasteiger partial charge >= 0.3 is 0 Å². The maximum absolute atomic E-state index is 13.5. The average Bonchev–Trinajstić information content (AvgIpc) is 3.43. The lowest BCUT2D eigenvalue weighted by Gasteiger charge is -2.30. The number of carbonyl (C=O) groups is 1. The summed E-state index contributed by atoms with van der Waals surface area (Å²) in [5.41, 5.74) is 0.905. The van der Waals surface area contributed by atoms with E-state index in [0.29, 0.717) is 32.7 Å². The van der Waals surface area contributed by atoms with Crippen molar-refractivity contribution in [3.8, 4) is 0 Å². The lowest BCUT2D eigenvalue weighted by Crippen LogP contribution is -2.40. The van der Waals surface area contributed by atoms with Crippen LogP contribution in [0.3, 0.4) is 0 Å². The molecule has 31 heavy (non-hydrogen) atoms. The summed E-state index contributed by atoms with van der Waals surface area (Å²) in [6.07, 6.45) is 7.04. The molecule has 1 unspecified atom stereocenters. The number of carbonyl (C=O) groups excluding carboxylic acids is 1. The minimum Gasteiger partial charge on any atom is -0.379 e. The van der Waals surface area contributed by atoms with E-state index in [2.05, 4.69) is 4.90 Å². The molecule has 7 nitrogen and oxygen atoms in total. The van der Waals surface area contributed by atoms with E-state index >= 15 is 0 Å². The van der Waals surface area contributed by atoms with Gasteiger partial charge in [-0.2, -0.15) is 0 Å². The van der Waals surface area contributed by atoms with Gasteiger partial charge in [-0.3, -0.25) is 19.1 Å². The molecule has 1 aliphatic carbocycles. The number of para-hydroxylation sites is 1. The normalized spacial score (nSPS) is 23.7. The van der Waals surface area contributed by atoms with Gasteiger partial charge in [-0.15, -0.1) is 0 Å². The fourth-order valence-electron chi connectivity index (χ4n) is 5.50. The minimum absolute atomic E-state index is 0.110. The van der Waals surface area contributed by atoms with Crippen molar-refractivity contribution in [3.63, 3.8) is 0 Å². The van der Waals surface area contributed by atoms with Crippen LogP contribution in [0.25, 0.3) is 10.9 Å². The smallest absolute Gasteiger partial charge is 0.261 e. The molecule has 2 aromatic rings. The van der Waals surface area contributed by atoms with Gasteiger partial charge in [0.25, 0.3) is 5.56 Å². The van der Waals surface area contributed by atoms with Crippen LogP contribution in [-0.4, -0.2) is 64.7 Å². The Hall–Kier alpha value is -2.25. The third kappa shape index (κ3) is 4.13. The van der Waals surface area contributed by atoms with E-state index < -0.39 is 0 Å². The first kappa shape index (κ1) is 20.6. The number of benzene rings is 1. The Bertz CT molecular complexity index is 998. The number of amides is 1. The number of ether oxygens (including phenoxy) is 1. The van der Waals surface area contributed by atoms with Crippen LogP contribution >= 0.6 is 0 Å². The van der Waals surface area contributed by atoms with Crippen molar-refractivity contribution in [2.24, 2.45) is 0 Å². The van der Waals surface area contributed by atoms with Crippen LogP contribution in [0.4, 0.5) is 0 Å². The van der Waals surface area contributed by atoms with Gasteiger partial charge in [0.1, 0.15) is 5.82 Å². The molecule has 0 spiro atoms.